The van der Waals surface area contributed by atoms with Crippen molar-refractivity contribution in [2.24, 2.45) is 0 Å². The Labute approximate surface area is 93.8 Å². The monoisotopic (exact) mass is 215 g/mol. The standard InChI is InChI=1S/C13H13NO2/c15-11-4-1-3-9-6-7-10(14-13(9)11)12-5-2-8-16-12/h1-3,5,8,10,14H,4,6-7H2. The lowest BCUT2D eigenvalue weighted by Gasteiger charge is -2.28. The maximum atomic E-state index is 11.7. The lowest BCUT2D eigenvalue weighted by atomic mass is 9.91. The lowest BCUT2D eigenvalue weighted by Crippen LogP contribution is -2.31. The van der Waals surface area contributed by atoms with Crippen LogP contribution in [0.1, 0.15) is 31.1 Å². The van der Waals surface area contributed by atoms with E-state index in [-0.39, 0.29) is 11.8 Å². The van der Waals surface area contributed by atoms with Crippen molar-refractivity contribution in [2.75, 3.05) is 0 Å². The van der Waals surface area contributed by atoms with Gasteiger partial charge in [-0.05, 0) is 30.5 Å². The molecule has 1 aliphatic heterocycles. The van der Waals surface area contributed by atoms with Gasteiger partial charge in [0.05, 0.1) is 18.0 Å². The summed E-state index contributed by atoms with van der Waals surface area (Å²) in [5, 5.41) is 3.29. The summed E-state index contributed by atoms with van der Waals surface area (Å²) in [6, 6.07) is 3.97. The molecule has 16 heavy (non-hydrogen) atoms. The van der Waals surface area contributed by atoms with E-state index in [4.69, 9.17) is 4.42 Å². The molecule has 2 heterocycles. The van der Waals surface area contributed by atoms with Gasteiger partial charge in [-0.1, -0.05) is 12.2 Å². The molecule has 0 radical (unpaired) electrons. The molecule has 1 aromatic rings. The Morgan fingerprint density at radius 2 is 2.38 bits per heavy atom. The number of carbonyl (C=O) groups is 1. The van der Waals surface area contributed by atoms with E-state index >= 15 is 0 Å². The van der Waals surface area contributed by atoms with Crippen LogP contribution in [0.3, 0.4) is 0 Å². The topological polar surface area (TPSA) is 42.2 Å². The molecule has 3 rings (SSSR count). The number of hydrogen-bond acceptors (Lipinski definition) is 3. The average molecular weight is 215 g/mol. The minimum atomic E-state index is 0.143. The maximum absolute atomic E-state index is 11.7. The first kappa shape index (κ1) is 9.46. The normalized spacial score (nSPS) is 24.2. The SMILES string of the molecule is O=C1CC=CC2=C1NC(c1ccco1)CC2. The lowest BCUT2D eigenvalue weighted by molar-refractivity contribution is -0.115. The fourth-order valence-electron chi connectivity index (χ4n) is 2.30. The Kier molecular flexibility index (Phi) is 2.17. The summed E-state index contributed by atoms with van der Waals surface area (Å²) in [4.78, 5) is 11.7. The van der Waals surface area contributed by atoms with E-state index in [0.29, 0.717) is 6.42 Å². The van der Waals surface area contributed by atoms with Gasteiger partial charge >= 0.3 is 0 Å². The molecule has 1 aliphatic carbocycles. The number of furan rings is 1. The molecule has 1 unspecified atom stereocenters. The van der Waals surface area contributed by atoms with E-state index in [2.05, 4.69) is 11.4 Å². The highest BCUT2D eigenvalue weighted by molar-refractivity contribution is 5.98. The molecule has 0 spiro atoms. The van der Waals surface area contributed by atoms with E-state index in [1.807, 2.05) is 18.2 Å². The zero-order valence-corrected chi connectivity index (χ0v) is 8.90. The highest BCUT2D eigenvalue weighted by atomic mass is 16.3. The third-order valence-electron chi connectivity index (χ3n) is 3.13. The second-order valence-corrected chi connectivity index (χ2v) is 4.18. The molecule has 0 saturated carbocycles. The Bertz CT molecular complexity index is 468. The van der Waals surface area contributed by atoms with Crippen LogP contribution in [0.5, 0.6) is 0 Å². The first-order valence-electron chi connectivity index (χ1n) is 5.57. The summed E-state index contributed by atoms with van der Waals surface area (Å²) in [5.41, 5.74) is 1.93. The minimum Gasteiger partial charge on any atom is -0.467 e. The van der Waals surface area contributed by atoms with Crippen LogP contribution in [0.15, 0.2) is 46.2 Å². The molecule has 82 valence electrons. The van der Waals surface area contributed by atoms with Crippen molar-refractivity contribution in [3.8, 4) is 0 Å². The largest absolute Gasteiger partial charge is 0.467 e. The van der Waals surface area contributed by atoms with Crippen molar-refractivity contribution in [1.82, 2.24) is 5.32 Å². The summed E-state index contributed by atoms with van der Waals surface area (Å²) >= 11 is 0. The smallest absolute Gasteiger partial charge is 0.182 e. The van der Waals surface area contributed by atoms with E-state index in [0.717, 1.165) is 29.9 Å². The predicted molar refractivity (Wildman–Crippen MR) is 59.6 cm³/mol. The number of rotatable bonds is 1. The third-order valence-corrected chi connectivity index (χ3v) is 3.13. The number of carbonyl (C=O) groups excluding carboxylic acids is 1. The van der Waals surface area contributed by atoms with Gasteiger partial charge in [0.2, 0.25) is 0 Å². The molecule has 3 nitrogen and oxygen atoms in total. The van der Waals surface area contributed by atoms with Gasteiger partial charge in [0.15, 0.2) is 5.78 Å². The van der Waals surface area contributed by atoms with E-state index < -0.39 is 0 Å². The first-order chi connectivity index (χ1) is 7.84. The molecule has 0 amide bonds. The van der Waals surface area contributed by atoms with Crippen molar-refractivity contribution in [3.05, 3.63) is 47.6 Å². The second kappa shape index (κ2) is 3.67. The molecule has 0 aromatic carbocycles. The van der Waals surface area contributed by atoms with Gasteiger partial charge in [-0.2, -0.15) is 0 Å². The molecule has 1 aromatic heterocycles. The van der Waals surface area contributed by atoms with Crippen LogP contribution in [0, 0.1) is 0 Å². The van der Waals surface area contributed by atoms with Gasteiger partial charge < -0.3 is 9.73 Å². The number of allylic oxidation sites excluding steroid dienone is 4. The molecule has 3 heteroatoms. The van der Waals surface area contributed by atoms with Crippen LogP contribution in [-0.2, 0) is 4.79 Å². The van der Waals surface area contributed by atoms with Crippen LogP contribution in [0.4, 0.5) is 0 Å². The molecule has 0 saturated heterocycles. The number of nitrogens with one attached hydrogen (secondary N) is 1. The molecular weight excluding hydrogens is 202 g/mol. The molecular formula is C13H13NO2. The van der Waals surface area contributed by atoms with Crippen LogP contribution in [0.25, 0.3) is 0 Å². The fraction of sp³-hybridized carbons (Fsp3) is 0.308. The number of Topliss-reactive ketones (excluding diaryl/α,β-unsaturated/α-hetero) is 1. The van der Waals surface area contributed by atoms with Crippen LogP contribution < -0.4 is 5.32 Å². The van der Waals surface area contributed by atoms with Gasteiger partial charge in [-0.25, -0.2) is 0 Å². The summed E-state index contributed by atoms with van der Waals surface area (Å²) < 4.78 is 5.37. The van der Waals surface area contributed by atoms with Gasteiger partial charge in [-0.3, -0.25) is 4.79 Å². The zero-order valence-electron chi connectivity index (χ0n) is 8.90. The van der Waals surface area contributed by atoms with Crippen LogP contribution >= 0.6 is 0 Å². The number of ketones is 1. The Balaban J connectivity index is 1.88. The van der Waals surface area contributed by atoms with Gasteiger partial charge in [0.1, 0.15) is 5.76 Å². The zero-order chi connectivity index (χ0) is 11.0. The quantitative estimate of drug-likeness (QED) is 0.782. The van der Waals surface area contributed by atoms with E-state index in [1.165, 1.54) is 0 Å². The third kappa shape index (κ3) is 1.48. The Hall–Kier alpha value is -1.77. The minimum absolute atomic E-state index is 0.143. The van der Waals surface area contributed by atoms with E-state index in [1.54, 1.807) is 6.26 Å². The Morgan fingerprint density at radius 3 is 3.19 bits per heavy atom. The molecule has 1 atom stereocenters. The fourth-order valence-corrected chi connectivity index (χ4v) is 2.30. The Morgan fingerprint density at radius 1 is 1.44 bits per heavy atom. The van der Waals surface area contributed by atoms with Gasteiger partial charge in [0.25, 0.3) is 0 Å². The molecule has 0 bridgehead atoms. The van der Waals surface area contributed by atoms with Crippen molar-refractivity contribution in [1.29, 1.82) is 0 Å². The predicted octanol–water partition coefficient (Wildman–Crippen LogP) is 2.49. The van der Waals surface area contributed by atoms with Crippen molar-refractivity contribution >= 4 is 5.78 Å². The van der Waals surface area contributed by atoms with Gasteiger partial charge in [-0.15, -0.1) is 0 Å². The van der Waals surface area contributed by atoms with Crippen molar-refractivity contribution in [3.63, 3.8) is 0 Å². The average Bonchev–Trinajstić information content (AvgIpc) is 2.83. The summed E-state index contributed by atoms with van der Waals surface area (Å²) in [5.74, 6) is 1.10. The highest BCUT2D eigenvalue weighted by Crippen LogP contribution is 2.31. The molecule has 1 N–H and O–H groups in total. The highest BCUT2D eigenvalue weighted by Gasteiger charge is 2.26. The summed E-state index contributed by atoms with van der Waals surface area (Å²) in [7, 11) is 0. The van der Waals surface area contributed by atoms with Gasteiger partial charge in [0, 0.05) is 6.42 Å². The first-order valence-corrected chi connectivity index (χ1v) is 5.57. The molecule has 0 fully saturated rings. The van der Waals surface area contributed by atoms with Crippen molar-refractivity contribution < 1.29 is 9.21 Å². The number of hydrogen-bond donors (Lipinski definition) is 1. The van der Waals surface area contributed by atoms with Crippen LogP contribution in [-0.4, -0.2) is 5.78 Å². The maximum Gasteiger partial charge on any atom is 0.182 e. The van der Waals surface area contributed by atoms with Crippen molar-refractivity contribution in [2.45, 2.75) is 25.3 Å². The summed E-state index contributed by atoms with van der Waals surface area (Å²) in [6.45, 7) is 0. The van der Waals surface area contributed by atoms with E-state index in [9.17, 15) is 4.79 Å². The summed E-state index contributed by atoms with van der Waals surface area (Å²) in [6.07, 6.45) is 8.10. The van der Waals surface area contributed by atoms with Crippen LogP contribution in [0.2, 0.25) is 0 Å². The molecule has 2 aliphatic rings. The second-order valence-electron chi connectivity index (χ2n) is 4.18.